The molecule has 0 aromatic carbocycles. The topological polar surface area (TPSA) is 63.4 Å². The summed E-state index contributed by atoms with van der Waals surface area (Å²) in [6, 6.07) is -0.107. The van der Waals surface area contributed by atoms with Crippen LogP contribution in [0.4, 0.5) is 0 Å². The minimum absolute atomic E-state index is 0.0703. The molecule has 2 aliphatic rings. The first-order valence-corrected chi connectivity index (χ1v) is 7.84. The molecule has 2 unspecified atom stereocenters. The molecule has 0 amide bonds. The minimum Gasteiger partial charge on any atom is -0.325 e. The summed E-state index contributed by atoms with van der Waals surface area (Å²) >= 11 is 1.93. The van der Waals surface area contributed by atoms with Crippen LogP contribution in [0.1, 0.15) is 0 Å². The first-order chi connectivity index (χ1) is 6.58. The van der Waals surface area contributed by atoms with E-state index >= 15 is 0 Å². The molecule has 0 aliphatic carbocycles. The van der Waals surface area contributed by atoms with E-state index in [0.717, 1.165) is 24.6 Å². The van der Waals surface area contributed by atoms with Crippen molar-refractivity contribution in [2.75, 3.05) is 36.1 Å². The van der Waals surface area contributed by atoms with Crippen LogP contribution < -0.4 is 5.73 Å². The Kier molecular flexibility index (Phi) is 3.06. The van der Waals surface area contributed by atoms with Crippen molar-refractivity contribution in [3.05, 3.63) is 0 Å². The van der Waals surface area contributed by atoms with Crippen molar-refractivity contribution < 1.29 is 8.42 Å². The van der Waals surface area contributed by atoms with Crippen LogP contribution in [0.3, 0.4) is 0 Å². The zero-order valence-corrected chi connectivity index (χ0v) is 9.69. The quantitative estimate of drug-likeness (QED) is 0.643. The van der Waals surface area contributed by atoms with Crippen molar-refractivity contribution >= 4 is 21.6 Å². The molecule has 2 rings (SSSR count). The Balaban J connectivity index is 2.04. The Hall–Kier alpha value is 0.220. The monoisotopic (exact) mass is 236 g/mol. The van der Waals surface area contributed by atoms with E-state index in [-0.39, 0.29) is 23.6 Å². The average molecular weight is 236 g/mol. The van der Waals surface area contributed by atoms with Crippen LogP contribution in [0, 0.1) is 0 Å². The van der Waals surface area contributed by atoms with Gasteiger partial charge >= 0.3 is 0 Å². The van der Waals surface area contributed by atoms with Gasteiger partial charge in [0.25, 0.3) is 0 Å². The molecular formula is C8H16N2O2S2. The zero-order valence-electron chi connectivity index (χ0n) is 8.05. The highest BCUT2D eigenvalue weighted by molar-refractivity contribution is 7.99. The third kappa shape index (κ3) is 2.24. The Bertz CT molecular complexity index is 298. The highest BCUT2D eigenvalue weighted by Crippen LogP contribution is 2.20. The maximum absolute atomic E-state index is 11.4. The van der Waals surface area contributed by atoms with Crippen LogP contribution in [0.15, 0.2) is 0 Å². The molecule has 2 N–H and O–H groups in total. The largest absolute Gasteiger partial charge is 0.325 e. The molecule has 2 heterocycles. The van der Waals surface area contributed by atoms with Gasteiger partial charge in [0.05, 0.1) is 11.5 Å². The summed E-state index contributed by atoms with van der Waals surface area (Å²) in [5.74, 6) is 2.63. The van der Waals surface area contributed by atoms with Gasteiger partial charge in [-0.15, -0.1) is 0 Å². The molecule has 2 atom stereocenters. The summed E-state index contributed by atoms with van der Waals surface area (Å²) in [7, 11) is -2.87. The summed E-state index contributed by atoms with van der Waals surface area (Å²) in [6.45, 7) is 1.97. The van der Waals surface area contributed by atoms with E-state index < -0.39 is 9.84 Å². The van der Waals surface area contributed by atoms with Crippen molar-refractivity contribution in [3.63, 3.8) is 0 Å². The molecule has 2 fully saturated rings. The van der Waals surface area contributed by atoms with Gasteiger partial charge in [0.2, 0.25) is 0 Å². The predicted octanol–water partition coefficient (Wildman–Crippen LogP) is -0.840. The van der Waals surface area contributed by atoms with Crippen molar-refractivity contribution in [3.8, 4) is 0 Å². The summed E-state index contributed by atoms with van der Waals surface area (Å²) in [4.78, 5) is 2.24. The first kappa shape index (κ1) is 10.7. The number of nitrogens with two attached hydrogens (primary N) is 1. The van der Waals surface area contributed by atoms with Crippen LogP contribution in [-0.2, 0) is 9.84 Å². The SMILES string of the molecule is NC1CS(=O)(=O)CC1N1CCSCC1. The van der Waals surface area contributed by atoms with Crippen molar-refractivity contribution in [2.45, 2.75) is 12.1 Å². The second-order valence-electron chi connectivity index (χ2n) is 3.96. The lowest BCUT2D eigenvalue weighted by atomic mass is 10.1. The molecule has 82 valence electrons. The molecule has 0 aromatic heterocycles. The van der Waals surface area contributed by atoms with Gasteiger partial charge in [-0.05, 0) is 0 Å². The molecule has 2 saturated heterocycles. The summed E-state index contributed by atoms with van der Waals surface area (Å²) in [5.41, 5.74) is 5.86. The predicted molar refractivity (Wildman–Crippen MR) is 59.3 cm³/mol. The molecular weight excluding hydrogens is 220 g/mol. The summed E-state index contributed by atoms with van der Waals surface area (Å²) in [5, 5.41) is 0. The number of hydrogen-bond acceptors (Lipinski definition) is 5. The summed E-state index contributed by atoms with van der Waals surface area (Å²) in [6.07, 6.45) is 0. The first-order valence-electron chi connectivity index (χ1n) is 4.86. The third-order valence-electron chi connectivity index (χ3n) is 2.88. The van der Waals surface area contributed by atoms with Gasteiger partial charge in [-0.1, -0.05) is 0 Å². The number of hydrogen-bond donors (Lipinski definition) is 1. The minimum atomic E-state index is -2.87. The van der Waals surface area contributed by atoms with E-state index in [9.17, 15) is 8.42 Å². The van der Waals surface area contributed by atoms with Crippen LogP contribution >= 0.6 is 11.8 Å². The molecule has 4 nitrogen and oxygen atoms in total. The second-order valence-corrected chi connectivity index (χ2v) is 7.33. The van der Waals surface area contributed by atoms with Gasteiger partial charge in [-0.25, -0.2) is 8.42 Å². The van der Waals surface area contributed by atoms with Crippen LogP contribution in [-0.4, -0.2) is 61.5 Å². The molecule has 0 radical (unpaired) electrons. The lowest BCUT2D eigenvalue weighted by Gasteiger charge is -2.33. The number of sulfone groups is 1. The molecule has 6 heteroatoms. The highest BCUT2D eigenvalue weighted by Gasteiger charge is 2.38. The lowest BCUT2D eigenvalue weighted by molar-refractivity contribution is 0.219. The van der Waals surface area contributed by atoms with Gasteiger partial charge in [-0.3, -0.25) is 4.90 Å². The lowest BCUT2D eigenvalue weighted by Crippen LogP contribution is -2.50. The number of thioether (sulfide) groups is 1. The molecule has 0 bridgehead atoms. The van der Waals surface area contributed by atoms with E-state index in [4.69, 9.17) is 5.73 Å². The van der Waals surface area contributed by atoms with Crippen LogP contribution in [0.5, 0.6) is 0 Å². The highest BCUT2D eigenvalue weighted by atomic mass is 32.2. The maximum atomic E-state index is 11.4. The van der Waals surface area contributed by atoms with Gasteiger partial charge < -0.3 is 5.73 Å². The van der Waals surface area contributed by atoms with E-state index in [2.05, 4.69) is 4.90 Å². The molecule has 0 saturated carbocycles. The molecule has 14 heavy (non-hydrogen) atoms. The van der Waals surface area contributed by atoms with Crippen LogP contribution in [0.25, 0.3) is 0 Å². The zero-order chi connectivity index (χ0) is 10.2. The smallest absolute Gasteiger partial charge is 0.153 e. The van der Waals surface area contributed by atoms with E-state index in [1.165, 1.54) is 0 Å². The van der Waals surface area contributed by atoms with Crippen molar-refractivity contribution in [1.82, 2.24) is 4.90 Å². The maximum Gasteiger partial charge on any atom is 0.153 e. The van der Waals surface area contributed by atoms with Gasteiger partial charge in [0.1, 0.15) is 0 Å². The van der Waals surface area contributed by atoms with Gasteiger partial charge in [0, 0.05) is 36.7 Å². The number of rotatable bonds is 1. The van der Waals surface area contributed by atoms with Gasteiger partial charge in [0.15, 0.2) is 9.84 Å². The standard InChI is InChI=1S/C8H16N2O2S2/c9-7-5-14(11,12)6-8(7)10-1-3-13-4-2-10/h7-8H,1-6,9H2. The Morgan fingerprint density at radius 1 is 1.21 bits per heavy atom. The second kappa shape index (κ2) is 4.00. The number of nitrogens with zero attached hydrogens (tertiary/aromatic N) is 1. The molecule has 2 aliphatic heterocycles. The normalized spacial score (nSPS) is 38.6. The Labute approximate surface area is 89.1 Å². The third-order valence-corrected chi connectivity index (χ3v) is 5.56. The van der Waals surface area contributed by atoms with E-state index in [1.54, 1.807) is 0 Å². The van der Waals surface area contributed by atoms with E-state index in [0.29, 0.717) is 0 Å². The summed E-state index contributed by atoms with van der Waals surface area (Å²) < 4.78 is 22.8. The molecule has 0 aromatic rings. The van der Waals surface area contributed by atoms with Crippen molar-refractivity contribution in [2.24, 2.45) is 5.73 Å². The fraction of sp³-hybridized carbons (Fsp3) is 1.00. The van der Waals surface area contributed by atoms with E-state index in [1.807, 2.05) is 11.8 Å². The van der Waals surface area contributed by atoms with Gasteiger partial charge in [-0.2, -0.15) is 11.8 Å². The van der Waals surface area contributed by atoms with Crippen LogP contribution in [0.2, 0.25) is 0 Å². The fourth-order valence-corrected chi connectivity index (χ4v) is 5.00. The Morgan fingerprint density at radius 3 is 2.36 bits per heavy atom. The van der Waals surface area contributed by atoms with Crippen molar-refractivity contribution in [1.29, 1.82) is 0 Å². The average Bonchev–Trinajstić information content (AvgIpc) is 2.41. The molecule has 0 spiro atoms. The fourth-order valence-electron chi connectivity index (χ4n) is 2.14. The Morgan fingerprint density at radius 2 is 1.86 bits per heavy atom.